The van der Waals surface area contributed by atoms with Gasteiger partial charge < -0.3 is 14.5 Å². The number of aliphatic imine (C=N–C) groups is 1. The summed E-state index contributed by atoms with van der Waals surface area (Å²) in [5.74, 6) is 1.37. The monoisotopic (exact) mass is 525 g/mol. The highest BCUT2D eigenvalue weighted by atomic mass is 35.5. The van der Waals surface area contributed by atoms with E-state index in [2.05, 4.69) is 42.7 Å². The van der Waals surface area contributed by atoms with Crippen molar-refractivity contribution in [3.05, 3.63) is 61.5 Å². The van der Waals surface area contributed by atoms with Crippen molar-refractivity contribution in [3.8, 4) is 5.75 Å². The van der Waals surface area contributed by atoms with Crippen molar-refractivity contribution in [1.82, 2.24) is 4.90 Å². The average molecular weight is 527 g/mol. The zero-order valence-corrected chi connectivity index (χ0v) is 22.7. The predicted molar refractivity (Wildman–Crippen MR) is 147 cm³/mol. The van der Waals surface area contributed by atoms with E-state index in [-0.39, 0.29) is 17.5 Å². The van der Waals surface area contributed by atoms with Crippen molar-refractivity contribution in [2.45, 2.75) is 58.0 Å². The lowest BCUT2D eigenvalue weighted by Crippen LogP contribution is -2.56. The summed E-state index contributed by atoms with van der Waals surface area (Å²) < 4.78 is 6.67. The van der Waals surface area contributed by atoms with Crippen LogP contribution in [0.1, 0.15) is 61.9 Å². The SMILES string of the molecule is CC1=C(c2ccc(Cl)c(Cl)c2)N2C(=N[C@H]3c4cc5c6c(c4OC[C@@H]3C2(C)C)CCCN6CCC5)S1. The molecule has 0 saturated heterocycles. The van der Waals surface area contributed by atoms with Gasteiger partial charge in [-0.25, -0.2) is 0 Å². The smallest absolute Gasteiger partial charge is 0.169 e. The van der Waals surface area contributed by atoms with Crippen LogP contribution >= 0.6 is 35.0 Å². The Labute approximate surface area is 221 Å². The predicted octanol–water partition coefficient (Wildman–Crippen LogP) is 7.33. The molecule has 0 saturated carbocycles. The first-order valence-electron chi connectivity index (χ1n) is 12.6. The first-order chi connectivity index (χ1) is 16.8. The Bertz CT molecular complexity index is 1330. The van der Waals surface area contributed by atoms with Crippen LogP contribution in [-0.4, -0.2) is 35.3 Å². The number of halogens is 2. The lowest BCUT2D eigenvalue weighted by molar-refractivity contribution is 0.0737. The average Bonchev–Trinajstić information content (AvgIpc) is 3.18. The summed E-state index contributed by atoms with van der Waals surface area (Å²) in [6.07, 6.45) is 4.72. The fourth-order valence-electron chi connectivity index (χ4n) is 6.84. The van der Waals surface area contributed by atoms with Gasteiger partial charge in [0.25, 0.3) is 0 Å². The second-order valence-electron chi connectivity index (χ2n) is 10.9. The highest BCUT2D eigenvalue weighted by Crippen LogP contribution is 2.57. The van der Waals surface area contributed by atoms with Gasteiger partial charge in [0.1, 0.15) is 5.75 Å². The van der Waals surface area contributed by atoms with Gasteiger partial charge in [-0.15, -0.1) is 0 Å². The zero-order chi connectivity index (χ0) is 24.1. The summed E-state index contributed by atoms with van der Waals surface area (Å²) in [5.41, 5.74) is 7.80. The molecule has 0 bridgehead atoms. The third kappa shape index (κ3) is 3.17. The van der Waals surface area contributed by atoms with Gasteiger partial charge in [0.15, 0.2) is 5.17 Å². The summed E-state index contributed by atoms with van der Waals surface area (Å²) in [7, 11) is 0. The van der Waals surface area contributed by atoms with E-state index in [4.69, 9.17) is 32.9 Å². The van der Waals surface area contributed by atoms with Crippen LogP contribution in [0, 0.1) is 5.92 Å². The van der Waals surface area contributed by atoms with Gasteiger partial charge in [-0.05, 0) is 70.2 Å². The summed E-state index contributed by atoms with van der Waals surface area (Å²) in [6, 6.07) is 8.49. The third-order valence-electron chi connectivity index (χ3n) is 8.53. The maximum Gasteiger partial charge on any atom is 0.169 e. The van der Waals surface area contributed by atoms with E-state index < -0.39 is 0 Å². The highest BCUT2D eigenvalue weighted by Gasteiger charge is 2.53. The third-order valence-corrected chi connectivity index (χ3v) is 10.2. The van der Waals surface area contributed by atoms with Gasteiger partial charge in [-0.1, -0.05) is 41.0 Å². The molecule has 0 aliphatic carbocycles. The van der Waals surface area contributed by atoms with Crippen molar-refractivity contribution in [2.75, 3.05) is 24.6 Å². The molecule has 7 heteroatoms. The number of aryl methyl sites for hydroxylation is 1. The molecule has 5 aliphatic heterocycles. The number of ether oxygens (including phenoxy) is 1. The second kappa shape index (κ2) is 7.84. The molecule has 0 unspecified atom stereocenters. The van der Waals surface area contributed by atoms with Crippen molar-refractivity contribution in [2.24, 2.45) is 10.9 Å². The molecule has 4 nitrogen and oxygen atoms in total. The molecule has 0 N–H and O–H groups in total. The number of amidine groups is 1. The molecule has 35 heavy (non-hydrogen) atoms. The number of benzene rings is 2. The Morgan fingerprint density at radius 1 is 1.09 bits per heavy atom. The van der Waals surface area contributed by atoms with Crippen LogP contribution in [0.2, 0.25) is 10.0 Å². The minimum Gasteiger partial charge on any atom is -0.492 e. The van der Waals surface area contributed by atoms with E-state index in [9.17, 15) is 0 Å². The van der Waals surface area contributed by atoms with Crippen LogP contribution < -0.4 is 9.64 Å². The second-order valence-corrected chi connectivity index (χ2v) is 12.9. The fourth-order valence-corrected chi connectivity index (χ4v) is 8.30. The van der Waals surface area contributed by atoms with E-state index in [0.29, 0.717) is 16.7 Å². The molecule has 7 rings (SSSR count). The van der Waals surface area contributed by atoms with E-state index >= 15 is 0 Å². The van der Waals surface area contributed by atoms with Crippen molar-refractivity contribution < 1.29 is 4.74 Å². The van der Waals surface area contributed by atoms with Gasteiger partial charge in [0, 0.05) is 51.8 Å². The van der Waals surface area contributed by atoms with Crippen LogP contribution in [0.5, 0.6) is 5.75 Å². The van der Waals surface area contributed by atoms with E-state index in [1.165, 1.54) is 58.9 Å². The van der Waals surface area contributed by atoms with Crippen LogP contribution in [0.4, 0.5) is 5.69 Å². The number of hydrogen-bond donors (Lipinski definition) is 0. The Hall–Kier alpha value is -1.82. The molecule has 2 atom stereocenters. The van der Waals surface area contributed by atoms with Gasteiger partial charge in [-0.2, -0.15) is 0 Å². The van der Waals surface area contributed by atoms with Crippen LogP contribution in [0.15, 0.2) is 34.2 Å². The number of allylic oxidation sites excluding steroid dienone is 1. The van der Waals surface area contributed by atoms with E-state index in [0.717, 1.165) is 29.3 Å². The maximum absolute atomic E-state index is 6.67. The molecular formula is C28H29Cl2N3OS. The number of thioether (sulfide) groups is 1. The van der Waals surface area contributed by atoms with Crippen molar-refractivity contribution in [1.29, 1.82) is 0 Å². The Morgan fingerprint density at radius 3 is 2.69 bits per heavy atom. The van der Waals surface area contributed by atoms with E-state index in [1.54, 1.807) is 11.8 Å². The Morgan fingerprint density at radius 2 is 1.89 bits per heavy atom. The molecule has 182 valence electrons. The molecule has 0 spiro atoms. The standard InChI is InChI=1S/C28H29Cl2N3OS/c1-15-24(17-8-9-21(29)22(30)13-17)33-27(35-15)31-23-19-12-16-6-4-10-32-11-5-7-18(25(16)32)26(19)34-14-20(23)28(33,2)3/h8-9,12-13,20,23H,4-7,10-11,14H2,1-3H3/t20-,23-/m0/s1. The number of rotatable bonds is 1. The van der Waals surface area contributed by atoms with Crippen molar-refractivity contribution in [3.63, 3.8) is 0 Å². The summed E-state index contributed by atoms with van der Waals surface area (Å²) in [4.78, 5) is 11.7. The molecular weight excluding hydrogens is 497 g/mol. The van der Waals surface area contributed by atoms with Gasteiger partial charge in [-0.3, -0.25) is 4.99 Å². The lowest BCUT2D eigenvalue weighted by atomic mass is 9.74. The van der Waals surface area contributed by atoms with Gasteiger partial charge >= 0.3 is 0 Å². The Balaban J connectivity index is 1.36. The fraction of sp³-hybridized carbons (Fsp3) is 0.464. The van der Waals surface area contributed by atoms with Crippen LogP contribution in [-0.2, 0) is 12.8 Å². The zero-order valence-electron chi connectivity index (χ0n) is 20.3. The van der Waals surface area contributed by atoms with Crippen LogP contribution in [0.25, 0.3) is 5.70 Å². The maximum atomic E-state index is 6.67. The highest BCUT2D eigenvalue weighted by molar-refractivity contribution is 8.17. The number of hydrogen-bond acceptors (Lipinski definition) is 5. The number of nitrogens with zero attached hydrogens (tertiary/aromatic N) is 3. The lowest BCUT2D eigenvalue weighted by Gasteiger charge is -2.52. The minimum absolute atomic E-state index is 0.118. The first-order valence-corrected chi connectivity index (χ1v) is 14.2. The van der Waals surface area contributed by atoms with Gasteiger partial charge in [0.05, 0.1) is 28.4 Å². The summed E-state index contributed by atoms with van der Waals surface area (Å²) in [6.45, 7) is 9.90. The molecule has 0 fully saturated rings. The summed E-state index contributed by atoms with van der Waals surface area (Å²) >= 11 is 14.4. The van der Waals surface area contributed by atoms with Gasteiger partial charge in [0.2, 0.25) is 0 Å². The number of anilines is 1. The molecule has 5 heterocycles. The van der Waals surface area contributed by atoms with Crippen LogP contribution in [0.3, 0.4) is 0 Å². The quantitative estimate of drug-likeness (QED) is 0.389. The molecule has 0 aromatic heterocycles. The minimum atomic E-state index is -0.176. The normalized spacial score (nSPS) is 25.9. The largest absolute Gasteiger partial charge is 0.492 e. The van der Waals surface area contributed by atoms with Crippen molar-refractivity contribution >= 4 is 51.5 Å². The molecule has 0 radical (unpaired) electrons. The first kappa shape index (κ1) is 22.4. The van der Waals surface area contributed by atoms with E-state index in [1.807, 2.05) is 12.1 Å². The molecule has 5 aliphatic rings. The number of fused-ring (bicyclic) bond motifs is 5. The summed E-state index contributed by atoms with van der Waals surface area (Å²) in [5, 5.41) is 2.24. The molecule has 2 aromatic rings. The molecule has 0 amide bonds. The molecule has 2 aromatic carbocycles. The topological polar surface area (TPSA) is 28.1 Å². The Kier molecular flexibility index (Phi) is 5.01.